The number of hydrogen-bond donors (Lipinski definition) is 2. The number of carbonyl (C=O) groups excluding carboxylic acids is 1. The minimum absolute atomic E-state index is 0.00319. The van der Waals surface area contributed by atoms with Gasteiger partial charge in [0.25, 0.3) is 5.91 Å². The van der Waals surface area contributed by atoms with Gasteiger partial charge in [-0.05, 0) is 44.5 Å². The Balaban J connectivity index is 2.18. The summed E-state index contributed by atoms with van der Waals surface area (Å²) in [4.78, 5) is 12.0. The molecule has 0 bridgehead atoms. The average Bonchev–Trinajstić information content (AvgIpc) is 2.40. The van der Waals surface area contributed by atoms with Crippen molar-refractivity contribution < 1.29 is 22.4 Å². The highest BCUT2D eigenvalue weighted by Gasteiger charge is 2.32. The van der Waals surface area contributed by atoms with Crippen LogP contribution in [0.2, 0.25) is 0 Å². The maximum absolute atomic E-state index is 13.6. The highest BCUT2D eigenvalue weighted by Crippen LogP contribution is 2.30. The van der Waals surface area contributed by atoms with Crippen molar-refractivity contribution in [3.63, 3.8) is 0 Å². The first-order chi connectivity index (χ1) is 9.79. The van der Waals surface area contributed by atoms with Crippen LogP contribution in [0.3, 0.4) is 0 Å². The molecule has 1 fully saturated rings. The van der Waals surface area contributed by atoms with Crippen molar-refractivity contribution in [2.45, 2.75) is 38.0 Å². The Bertz CT molecular complexity index is 530. The highest BCUT2D eigenvalue weighted by molar-refractivity contribution is 5.95. The van der Waals surface area contributed by atoms with Crippen molar-refractivity contribution in [3.8, 4) is 0 Å². The minimum Gasteiger partial charge on any atom is -0.348 e. The smallest absolute Gasteiger partial charge is 0.348 e. The van der Waals surface area contributed by atoms with Crippen molar-refractivity contribution in [1.29, 1.82) is 0 Å². The molecule has 2 atom stereocenters. The molecule has 116 valence electrons. The van der Waals surface area contributed by atoms with Gasteiger partial charge in [0, 0.05) is 12.1 Å². The quantitative estimate of drug-likeness (QED) is 0.825. The third kappa shape index (κ3) is 3.72. The monoisotopic (exact) mass is 304 g/mol. The summed E-state index contributed by atoms with van der Waals surface area (Å²) < 4.78 is 51.5. The fraction of sp³-hybridized carbons (Fsp3) is 0.500. The van der Waals surface area contributed by atoms with Crippen molar-refractivity contribution in [2.24, 2.45) is 0 Å². The second-order valence-electron chi connectivity index (χ2n) is 5.16. The molecule has 2 rings (SSSR count). The Kier molecular flexibility index (Phi) is 4.51. The largest absolute Gasteiger partial charge is 0.416 e. The lowest BCUT2D eigenvalue weighted by molar-refractivity contribution is -0.137. The van der Waals surface area contributed by atoms with Crippen LogP contribution in [0.5, 0.6) is 0 Å². The fourth-order valence-electron chi connectivity index (χ4n) is 2.36. The van der Waals surface area contributed by atoms with Crippen molar-refractivity contribution in [3.05, 3.63) is 35.1 Å². The van der Waals surface area contributed by atoms with Gasteiger partial charge in [-0.25, -0.2) is 4.39 Å². The molecule has 0 radical (unpaired) electrons. The molecule has 0 aliphatic carbocycles. The second kappa shape index (κ2) is 6.01. The summed E-state index contributed by atoms with van der Waals surface area (Å²) in [6, 6.07) is 1.61. The van der Waals surface area contributed by atoms with Crippen LogP contribution in [0, 0.1) is 5.82 Å². The molecule has 2 N–H and O–H groups in total. The Morgan fingerprint density at radius 3 is 2.71 bits per heavy atom. The number of alkyl halides is 3. The Hall–Kier alpha value is -1.63. The molecule has 1 saturated heterocycles. The molecular formula is C14H16F4N2O. The minimum atomic E-state index is -4.61. The molecule has 0 saturated carbocycles. The first-order valence-electron chi connectivity index (χ1n) is 6.70. The van der Waals surface area contributed by atoms with E-state index in [-0.39, 0.29) is 12.1 Å². The summed E-state index contributed by atoms with van der Waals surface area (Å²) >= 11 is 0. The van der Waals surface area contributed by atoms with Crippen LogP contribution in [0.15, 0.2) is 18.2 Å². The second-order valence-corrected chi connectivity index (χ2v) is 5.16. The summed E-state index contributed by atoms with van der Waals surface area (Å²) in [6.45, 7) is 2.69. The van der Waals surface area contributed by atoms with E-state index in [0.29, 0.717) is 24.6 Å². The number of amides is 1. The van der Waals surface area contributed by atoms with Crippen LogP contribution in [0.4, 0.5) is 17.6 Å². The number of rotatable bonds is 2. The zero-order valence-electron chi connectivity index (χ0n) is 11.4. The van der Waals surface area contributed by atoms with Gasteiger partial charge in [0.1, 0.15) is 5.82 Å². The topological polar surface area (TPSA) is 41.1 Å². The van der Waals surface area contributed by atoms with E-state index in [4.69, 9.17) is 0 Å². The van der Waals surface area contributed by atoms with E-state index in [2.05, 4.69) is 10.6 Å². The highest BCUT2D eigenvalue weighted by atomic mass is 19.4. The summed E-state index contributed by atoms with van der Waals surface area (Å²) in [7, 11) is 0. The molecule has 1 aliphatic heterocycles. The standard InChI is InChI=1S/C14H16F4N2O/c1-8-12(3-2-6-19-8)20-13(21)10-7-9(14(16,17)18)4-5-11(10)15/h4-5,7-8,12,19H,2-3,6H2,1H3,(H,20,21)/t8-,12-/m1/s1. The van der Waals surface area contributed by atoms with Gasteiger partial charge in [-0.1, -0.05) is 0 Å². The number of benzene rings is 1. The van der Waals surface area contributed by atoms with Crippen molar-refractivity contribution >= 4 is 5.91 Å². The summed E-state index contributed by atoms with van der Waals surface area (Å²) in [5, 5.41) is 5.75. The van der Waals surface area contributed by atoms with Gasteiger partial charge in [0.05, 0.1) is 11.1 Å². The van der Waals surface area contributed by atoms with E-state index in [1.54, 1.807) is 0 Å². The predicted octanol–water partition coefficient (Wildman–Crippen LogP) is 2.71. The third-order valence-corrected chi connectivity index (χ3v) is 3.62. The summed E-state index contributed by atoms with van der Waals surface area (Å²) in [5.74, 6) is -1.78. The molecule has 1 aromatic rings. The van der Waals surface area contributed by atoms with E-state index in [1.807, 2.05) is 6.92 Å². The van der Waals surface area contributed by atoms with E-state index in [0.717, 1.165) is 13.0 Å². The van der Waals surface area contributed by atoms with Crippen LogP contribution in [-0.2, 0) is 6.18 Å². The third-order valence-electron chi connectivity index (χ3n) is 3.62. The molecule has 1 aromatic carbocycles. The Labute approximate surface area is 119 Å². The van der Waals surface area contributed by atoms with E-state index < -0.39 is 29.0 Å². The lowest BCUT2D eigenvalue weighted by atomic mass is 9.99. The van der Waals surface area contributed by atoms with Crippen LogP contribution in [0.25, 0.3) is 0 Å². The summed E-state index contributed by atoms with van der Waals surface area (Å²) in [6.07, 6.45) is -3.05. The van der Waals surface area contributed by atoms with Crippen molar-refractivity contribution in [2.75, 3.05) is 6.54 Å². The van der Waals surface area contributed by atoms with Crippen LogP contribution in [-0.4, -0.2) is 24.5 Å². The molecule has 1 heterocycles. The zero-order chi connectivity index (χ0) is 15.6. The maximum atomic E-state index is 13.6. The predicted molar refractivity (Wildman–Crippen MR) is 69.4 cm³/mol. The fourth-order valence-corrected chi connectivity index (χ4v) is 2.36. The van der Waals surface area contributed by atoms with Crippen molar-refractivity contribution in [1.82, 2.24) is 10.6 Å². The number of hydrogen-bond acceptors (Lipinski definition) is 2. The van der Waals surface area contributed by atoms with Gasteiger partial charge >= 0.3 is 6.18 Å². The normalized spacial score (nSPS) is 22.9. The van der Waals surface area contributed by atoms with Crippen LogP contribution < -0.4 is 10.6 Å². The molecule has 0 aromatic heterocycles. The van der Waals surface area contributed by atoms with Gasteiger partial charge in [0.15, 0.2) is 0 Å². The van der Waals surface area contributed by atoms with Gasteiger partial charge in [-0.3, -0.25) is 4.79 Å². The van der Waals surface area contributed by atoms with E-state index in [9.17, 15) is 22.4 Å². The molecule has 0 spiro atoms. The van der Waals surface area contributed by atoms with Crippen LogP contribution in [0.1, 0.15) is 35.7 Å². The maximum Gasteiger partial charge on any atom is 0.416 e. The van der Waals surface area contributed by atoms with Gasteiger partial charge < -0.3 is 10.6 Å². The Morgan fingerprint density at radius 1 is 1.38 bits per heavy atom. The molecule has 7 heteroatoms. The SMILES string of the molecule is C[C@H]1NCCC[C@H]1NC(=O)c1cc(C(F)(F)F)ccc1F. The summed E-state index contributed by atoms with van der Waals surface area (Å²) in [5.41, 5.74) is -1.62. The van der Waals surface area contributed by atoms with Gasteiger partial charge in [-0.2, -0.15) is 13.2 Å². The Morgan fingerprint density at radius 2 is 2.10 bits per heavy atom. The number of nitrogens with one attached hydrogen (secondary N) is 2. The number of piperidine rings is 1. The first-order valence-corrected chi connectivity index (χ1v) is 6.70. The first kappa shape index (κ1) is 15.8. The lowest BCUT2D eigenvalue weighted by Crippen LogP contribution is -2.52. The molecule has 21 heavy (non-hydrogen) atoms. The molecule has 3 nitrogen and oxygen atoms in total. The molecule has 0 unspecified atom stereocenters. The van der Waals surface area contributed by atoms with Gasteiger partial charge in [-0.15, -0.1) is 0 Å². The number of carbonyl (C=O) groups is 1. The average molecular weight is 304 g/mol. The molecular weight excluding hydrogens is 288 g/mol. The van der Waals surface area contributed by atoms with Crippen LogP contribution >= 0.6 is 0 Å². The molecule has 1 aliphatic rings. The number of halogens is 4. The zero-order valence-corrected chi connectivity index (χ0v) is 11.4. The molecule has 1 amide bonds. The van der Waals surface area contributed by atoms with Gasteiger partial charge in [0.2, 0.25) is 0 Å². The lowest BCUT2D eigenvalue weighted by Gasteiger charge is -2.30. The van der Waals surface area contributed by atoms with E-state index in [1.165, 1.54) is 0 Å². The van der Waals surface area contributed by atoms with E-state index >= 15 is 0 Å².